The number of rotatable bonds is 1. The Bertz CT molecular complexity index is 292. The van der Waals surface area contributed by atoms with Gasteiger partial charge in [0, 0.05) is 16.9 Å². The van der Waals surface area contributed by atoms with Crippen LogP contribution in [0.1, 0.15) is 25.7 Å². The molecule has 0 aromatic heterocycles. The Balaban J connectivity index is 1.69. The number of amides is 1. The van der Waals surface area contributed by atoms with Crippen molar-refractivity contribution >= 4 is 21.8 Å². The first-order chi connectivity index (χ1) is 8.25. The Labute approximate surface area is 110 Å². The van der Waals surface area contributed by atoms with Crippen LogP contribution in [-0.2, 0) is 14.3 Å². The summed E-state index contributed by atoms with van der Waals surface area (Å²) in [5.74, 6) is 0.150. The van der Waals surface area contributed by atoms with Gasteiger partial charge in [-0.2, -0.15) is 0 Å². The molecular weight excluding hydrogens is 286 g/mol. The second-order valence-electron chi connectivity index (χ2n) is 5.13. The Morgan fingerprint density at radius 1 is 1.18 bits per heavy atom. The van der Waals surface area contributed by atoms with Crippen molar-refractivity contribution < 1.29 is 14.3 Å². The molecule has 3 aliphatic rings. The van der Waals surface area contributed by atoms with Gasteiger partial charge in [-0.3, -0.25) is 4.79 Å². The van der Waals surface area contributed by atoms with Crippen LogP contribution in [-0.4, -0.2) is 53.6 Å². The summed E-state index contributed by atoms with van der Waals surface area (Å²) in [5, 5.41) is 0. The summed E-state index contributed by atoms with van der Waals surface area (Å²) in [6.45, 7) is 1.58. The van der Waals surface area contributed by atoms with Crippen molar-refractivity contribution in [2.75, 3.05) is 19.8 Å². The van der Waals surface area contributed by atoms with E-state index in [0.717, 1.165) is 25.7 Å². The molecule has 3 heterocycles. The van der Waals surface area contributed by atoms with Gasteiger partial charge in [-0.15, -0.1) is 0 Å². The van der Waals surface area contributed by atoms with E-state index >= 15 is 0 Å². The van der Waals surface area contributed by atoms with E-state index < -0.39 is 0 Å². The quantitative estimate of drug-likeness (QED) is 0.686. The molecule has 17 heavy (non-hydrogen) atoms. The molecule has 0 aromatic rings. The normalized spacial score (nSPS) is 41.6. The van der Waals surface area contributed by atoms with Gasteiger partial charge < -0.3 is 14.4 Å². The number of alkyl halides is 1. The number of nitrogens with zero attached hydrogens (tertiary/aromatic N) is 1. The van der Waals surface area contributed by atoms with Gasteiger partial charge >= 0.3 is 0 Å². The minimum Gasteiger partial charge on any atom is -0.376 e. The van der Waals surface area contributed by atoms with Crippen molar-refractivity contribution in [2.24, 2.45) is 0 Å². The van der Waals surface area contributed by atoms with Crippen LogP contribution < -0.4 is 0 Å². The fourth-order valence-electron chi connectivity index (χ4n) is 3.27. The third-order valence-corrected chi connectivity index (χ3v) is 4.77. The maximum atomic E-state index is 12.4. The maximum Gasteiger partial charge on any atom is 0.254 e. The lowest BCUT2D eigenvalue weighted by Crippen LogP contribution is -2.53. The molecule has 5 heteroatoms. The van der Waals surface area contributed by atoms with E-state index in [4.69, 9.17) is 9.47 Å². The summed E-state index contributed by atoms with van der Waals surface area (Å²) < 4.78 is 10.8. The van der Waals surface area contributed by atoms with Gasteiger partial charge in [0.05, 0.1) is 19.8 Å². The molecule has 3 rings (SSSR count). The lowest BCUT2D eigenvalue weighted by Gasteiger charge is -2.39. The first-order valence-corrected chi connectivity index (χ1v) is 7.33. The Morgan fingerprint density at radius 2 is 1.88 bits per heavy atom. The lowest BCUT2D eigenvalue weighted by molar-refractivity contribution is -0.162. The van der Waals surface area contributed by atoms with Crippen LogP contribution in [0.25, 0.3) is 0 Å². The molecule has 3 aliphatic heterocycles. The summed E-state index contributed by atoms with van der Waals surface area (Å²) in [7, 11) is 0. The van der Waals surface area contributed by atoms with Crippen molar-refractivity contribution in [1.29, 1.82) is 0 Å². The summed E-state index contributed by atoms with van der Waals surface area (Å²) in [4.78, 5) is 15.1. The standard InChI is InChI=1S/C12H18BrNO3/c13-8-5-9-1-2-10(6-8)14(9)12(15)11-7-16-3-4-17-11/h8-11H,1-7H2. The molecule has 0 aliphatic carbocycles. The van der Waals surface area contributed by atoms with Gasteiger partial charge in [0.15, 0.2) is 6.10 Å². The first kappa shape index (κ1) is 11.9. The molecule has 3 saturated heterocycles. The number of hydrogen-bond donors (Lipinski definition) is 0. The van der Waals surface area contributed by atoms with Crippen molar-refractivity contribution in [3.8, 4) is 0 Å². The van der Waals surface area contributed by atoms with Crippen LogP contribution in [0.5, 0.6) is 0 Å². The van der Waals surface area contributed by atoms with Gasteiger partial charge in [0.25, 0.3) is 5.91 Å². The molecule has 2 bridgehead atoms. The largest absolute Gasteiger partial charge is 0.376 e. The van der Waals surface area contributed by atoms with Crippen LogP contribution in [0, 0.1) is 0 Å². The number of piperidine rings is 1. The maximum absolute atomic E-state index is 12.4. The van der Waals surface area contributed by atoms with Crippen molar-refractivity contribution in [3.05, 3.63) is 0 Å². The zero-order valence-corrected chi connectivity index (χ0v) is 11.4. The average molecular weight is 304 g/mol. The fourth-order valence-corrected chi connectivity index (χ4v) is 4.13. The van der Waals surface area contributed by atoms with E-state index in [1.54, 1.807) is 0 Å². The monoisotopic (exact) mass is 303 g/mol. The number of carbonyl (C=O) groups excluding carboxylic acids is 1. The zero-order valence-electron chi connectivity index (χ0n) is 9.81. The van der Waals surface area contributed by atoms with E-state index in [1.165, 1.54) is 0 Å². The van der Waals surface area contributed by atoms with Crippen molar-refractivity contribution in [1.82, 2.24) is 4.90 Å². The molecule has 3 fully saturated rings. The number of fused-ring (bicyclic) bond motifs is 2. The second-order valence-corrected chi connectivity index (χ2v) is 6.43. The molecule has 3 unspecified atom stereocenters. The summed E-state index contributed by atoms with van der Waals surface area (Å²) >= 11 is 3.69. The van der Waals surface area contributed by atoms with E-state index in [2.05, 4.69) is 20.8 Å². The van der Waals surface area contributed by atoms with Gasteiger partial charge in [-0.05, 0) is 25.7 Å². The number of hydrogen-bond acceptors (Lipinski definition) is 3. The SMILES string of the molecule is O=C(C1COCCO1)N1C2CCC1CC(Br)C2. The molecule has 3 atom stereocenters. The number of carbonyl (C=O) groups is 1. The Hall–Kier alpha value is -0.130. The van der Waals surface area contributed by atoms with Gasteiger partial charge in [0.2, 0.25) is 0 Å². The molecule has 0 N–H and O–H groups in total. The molecule has 1 amide bonds. The van der Waals surface area contributed by atoms with E-state index in [0.29, 0.717) is 36.7 Å². The van der Waals surface area contributed by atoms with Gasteiger partial charge in [-0.1, -0.05) is 15.9 Å². The predicted octanol–water partition coefficient (Wildman–Crippen LogP) is 1.32. The second kappa shape index (κ2) is 4.86. The van der Waals surface area contributed by atoms with Crippen molar-refractivity contribution in [3.63, 3.8) is 0 Å². The summed E-state index contributed by atoms with van der Waals surface area (Å²) in [6.07, 6.45) is 4.09. The zero-order chi connectivity index (χ0) is 11.8. The third-order valence-electron chi connectivity index (χ3n) is 4.02. The highest BCUT2D eigenvalue weighted by molar-refractivity contribution is 9.09. The van der Waals surface area contributed by atoms with E-state index in [9.17, 15) is 4.79 Å². The Morgan fingerprint density at radius 3 is 2.47 bits per heavy atom. The fraction of sp³-hybridized carbons (Fsp3) is 0.917. The molecule has 0 aromatic carbocycles. The van der Waals surface area contributed by atoms with Gasteiger partial charge in [-0.25, -0.2) is 0 Å². The highest BCUT2D eigenvalue weighted by Crippen LogP contribution is 2.39. The van der Waals surface area contributed by atoms with Crippen molar-refractivity contribution in [2.45, 2.75) is 48.7 Å². The first-order valence-electron chi connectivity index (χ1n) is 6.41. The third kappa shape index (κ3) is 2.25. The van der Waals surface area contributed by atoms with Crippen LogP contribution in [0.2, 0.25) is 0 Å². The Kier molecular flexibility index (Phi) is 3.41. The lowest BCUT2D eigenvalue weighted by atomic mass is 10.0. The minimum absolute atomic E-state index is 0.150. The van der Waals surface area contributed by atoms with Crippen LogP contribution >= 0.6 is 15.9 Å². The highest BCUT2D eigenvalue weighted by atomic mass is 79.9. The average Bonchev–Trinajstić information content (AvgIpc) is 2.62. The molecular formula is C12H18BrNO3. The molecule has 0 saturated carbocycles. The summed E-state index contributed by atoms with van der Waals surface area (Å²) in [6, 6.07) is 0.826. The summed E-state index contributed by atoms with van der Waals surface area (Å²) in [5.41, 5.74) is 0. The molecule has 0 radical (unpaired) electrons. The predicted molar refractivity (Wildman–Crippen MR) is 66.2 cm³/mol. The number of ether oxygens (including phenoxy) is 2. The van der Waals surface area contributed by atoms with Crippen LogP contribution in [0.15, 0.2) is 0 Å². The highest BCUT2D eigenvalue weighted by Gasteiger charge is 2.44. The number of halogens is 1. The smallest absolute Gasteiger partial charge is 0.254 e. The van der Waals surface area contributed by atoms with Crippen LogP contribution in [0.4, 0.5) is 0 Å². The minimum atomic E-state index is -0.362. The molecule has 4 nitrogen and oxygen atoms in total. The van der Waals surface area contributed by atoms with Gasteiger partial charge in [0.1, 0.15) is 0 Å². The van der Waals surface area contributed by atoms with Crippen LogP contribution in [0.3, 0.4) is 0 Å². The molecule has 96 valence electrons. The van der Waals surface area contributed by atoms with E-state index in [1.807, 2.05) is 0 Å². The molecule has 0 spiro atoms. The van der Waals surface area contributed by atoms with E-state index in [-0.39, 0.29) is 12.0 Å². The topological polar surface area (TPSA) is 38.8 Å².